The zero-order valence-corrected chi connectivity index (χ0v) is 16.0. The minimum atomic E-state index is -3.75. The molecule has 0 bridgehead atoms. The molecule has 0 aliphatic heterocycles. The Morgan fingerprint density at radius 1 is 0.840 bits per heavy atom. The Morgan fingerprint density at radius 3 is 1.92 bits per heavy atom. The molecule has 0 saturated heterocycles. The number of benzene rings is 2. The van der Waals surface area contributed by atoms with Gasteiger partial charge >= 0.3 is 0 Å². The summed E-state index contributed by atoms with van der Waals surface area (Å²) in [6.45, 7) is 7.75. The second-order valence-corrected chi connectivity index (χ2v) is 8.11. The van der Waals surface area contributed by atoms with E-state index >= 15 is 0 Å². The normalized spacial score (nSPS) is 14.2. The Balaban J connectivity index is 1.84. The fourth-order valence-corrected chi connectivity index (χ4v) is 3.47. The lowest BCUT2D eigenvalue weighted by molar-refractivity contribution is -0.0134. The average molecular weight is 362 g/mol. The van der Waals surface area contributed by atoms with Crippen LogP contribution in [0.15, 0.2) is 53.4 Å². The van der Waals surface area contributed by atoms with E-state index in [1.165, 1.54) is 11.1 Å². The maximum atomic E-state index is 12.2. The summed E-state index contributed by atoms with van der Waals surface area (Å²) in [5.74, 6) is 0. The van der Waals surface area contributed by atoms with E-state index in [2.05, 4.69) is 31.2 Å². The van der Waals surface area contributed by atoms with Gasteiger partial charge < -0.3 is 4.74 Å². The Kier molecular flexibility index (Phi) is 6.76. The van der Waals surface area contributed by atoms with Crippen LogP contribution >= 0.6 is 0 Å². The third-order valence-corrected chi connectivity index (χ3v) is 5.17. The van der Waals surface area contributed by atoms with Crippen LogP contribution in [0.4, 0.5) is 0 Å². The van der Waals surface area contributed by atoms with E-state index in [-0.39, 0.29) is 23.7 Å². The van der Waals surface area contributed by atoms with Crippen LogP contribution < -0.4 is 0 Å². The van der Waals surface area contributed by atoms with Crippen molar-refractivity contribution in [3.63, 3.8) is 0 Å². The lowest BCUT2D eigenvalue weighted by Crippen LogP contribution is -2.25. The van der Waals surface area contributed by atoms with E-state index in [0.29, 0.717) is 0 Å². The van der Waals surface area contributed by atoms with Crippen LogP contribution in [-0.2, 0) is 25.5 Å². The molecule has 0 aliphatic carbocycles. The summed E-state index contributed by atoms with van der Waals surface area (Å²) in [5.41, 5.74) is 3.42. The van der Waals surface area contributed by atoms with Crippen molar-refractivity contribution in [2.45, 2.75) is 51.2 Å². The van der Waals surface area contributed by atoms with Crippen LogP contribution in [0, 0.1) is 13.8 Å². The highest BCUT2D eigenvalue weighted by atomic mass is 32.2. The molecule has 2 aromatic carbocycles. The SMILES string of the molecule is Cc1ccc(C[C@H](C)O[C@@H](C)COS(=O)(=O)c2ccc(C)cc2)cc1. The Bertz CT molecular complexity index is 764. The first-order valence-corrected chi connectivity index (χ1v) is 9.84. The lowest BCUT2D eigenvalue weighted by atomic mass is 10.1. The Morgan fingerprint density at radius 2 is 1.36 bits per heavy atom. The molecule has 0 N–H and O–H groups in total. The monoisotopic (exact) mass is 362 g/mol. The van der Waals surface area contributed by atoms with Gasteiger partial charge in [0.15, 0.2) is 0 Å². The first-order chi connectivity index (χ1) is 11.8. The molecule has 5 heteroatoms. The summed E-state index contributed by atoms with van der Waals surface area (Å²) in [4.78, 5) is 0.165. The van der Waals surface area contributed by atoms with E-state index in [4.69, 9.17) is 8.92 Å². The van der Waals surface area contributed by atoms with Crippen molar-refractivity contribution >= 4 is 10.1 Å². The van der Waals surface area contributed by atoms with Crippen LogP contribution in [0.5, 0.6) is 0 Å². The molecule has 0 unspecified atom stereocenters. The second kappa shape index (κ2) is 8.61. The molecule has 0 saturated carbocycles. The van der Waals surface area contributed by atoms with E-state index in [1.54, 1.807) is 24.3 Å². The van der Waals surface area contributed by atoms with Crippen molar-refractivity contribution < 1.29 is 17.3 Å². The van der Waals surface area contributed by atoms with Gasteiger partial charge in [0.25, 0.3) is 10.1 Å². The molecular weight excluding hydrogens is 336 g/mol. The maximum Gasteiger partial charge on any atom is 0.297 e. The molecule has 2 rings (SSSR count). The first-order valence-electron chi connectivity index (χ1n) is 8.43. The molecule has 4 nitrogen and oxygen atoms in total. The fraction of sp³-hybridized carbons (Fsp3) is 0.400. The van der Waals surface area contributed by atoms with Gasteiger partial charge in [0, 0.05) is 0 Å². The van der Waals surface area contributed by atoms with Gasteiger partial charge in [0.05, 0.1) is 23.7 Å². The van der Waals surface area contributed by atoms with Crippen molar-refractivity contribution in [1.29, 1.82) is 0 Å². The summed E-state index contributed by atoms with van der Waals surface area (Å²) < 4.78 is 35.3. The molecule has 2 aromatic rings. The molecule has 0 aliphatic rings. The summed E-state index contributed by atoms with van der Waals surface area (Å²) >= 11 is 0. The Hall–Kier alpha value is -1.69. The largest absolute Gasteiger partial charge is 0.373 e. The van der Waals surface area contributed by atoms with Crippen molar-refractivity contribution in [1.82, 2.24) is 0 Å². The molecule has 0 amide bonds. The standard InChI is InChI=1S/C20H26O4S/c1-15-5-9-19(10-6-15)13-17(3)24-18(4)14-23-25(21,22)20-11-7-16(2)8-12-20/h5-12,17-18H,13-14H2,1-4H3/t17-,18-/m0/s1. The molecule has 0 radical (unpaired) electrons. The predicted octanol–water partition coefficient (Wildman–Crippen LogP) is 4.05. The maximum absolute atomic E-state index is 12.2. The quantitative estimate of drug-likeness (QED) is 0.665. The third-order valence-electron chi connectivity index (χ3n) is 3.88. The lowest BCUT2D eigenvalue weighted by Gasteiger charge is -2.19. The zero-order valence-electron chi connectivity index (χ0n) is 15.2. The van der Waals surface area contributed by atoms with Crippen molar-refractivity contribution in [2.75, 3.05) is 6.61 Å². The molecule has 2 atom stereocenters. The van der Waals surface area contributed by atoms with Gasteiger partial charge in [0.1, 0.15) is 0 Å². The summed E-state index contributed by atoms with van der Waals surface area (Å²) in [7, 11) is -3.75. The van der Waals surface area contributed by atoms with Crippen LogP contribution in [-0.4, -0.2) is 27.2 Å². The zero-order chi connectivity index (χ0) is 18.4. The molecular formula is C20H26O4S. The minimum absolute atomic E-state index is 0.00551. The van der Waals surface area contributed by atoms with Crippen molar-refractivity contribution in [3.05, 3.63) is 65.2 Å². The van der Waals surface area contributed by atoms with Gasteiger partial charge in [0.2, 0.25) is 0 Å². The highest BCUT2D eigenvalue weighted by Gasteiger charge is 2.18. The molecule has 0 aromatic heterocycles. The molecule has 25 heavy (non-hydrogen) atoms. The smallest absolute Gasteiger partial charge is 0.297 e. The number of hydrogen-bond acceptors (Lipinski definition) is 4. The highest BCUT2D eigenvalue weighted by molar-refractivity contribution is 7.86. The summed E-state index contributed by atoms with van der Waals surface area (Å²) in [6.07, 6.45) is 0.430. The fourth-order valence-electron chi connectivity index (χ4n) is 2.50. The van der Waals surface area contributed by atoms with E-state index in [9.17, 15) is 8.42 Å². The van der Waals surface area contributed by atoms with Gasteiger partial charge in [-0.1, -0.05) is 47.5 Å². The van der Waals surface area contributed by atoms with Gasteiger partial charge in [-0.05, 0) is 51.8 Å². The topological polar surface area (TPSA) is 52.6 Å². The first kappa shape index (κ1) is 19.6. The van der Waals surface area contributed by atoms with Crippen LogP contribution in [0.25, 0.3) is 0 Å². The number of aryl methyl sites for hydroxylation is 2. The predicted molar refractivity (Wildman–Crippen MR) is 99.2 cm³/mol. The average Bonchev–Trinajstić information content (AvgIpc) is 2.55. The van der Waals surface area contributed by atoms with Crippen LogP contribution in [0.3, 0.4) is 0 Å². The summed E-state index contributed by atoms with van der Waals surface area (Å²) in [6, 6.07) is 14.9. The van der Waals surface area contributed by atoms with E-state index in [1.807, 2.05) is 20.8 Å². The minimum Gasteiger partial charge on any atom is -0.373 e. The van der Waals surface area contributed by atoms with Crippen LogP contribution in [0.1, 0.15) is 30.5 Å². The second-order valence-electron chi connectivity index (χ2n) is 6.50. The highest BCUT2D eigenvalue weighted by Crippen LogP contribution is 2.15. The van der Waals surface area contributed by atoms with Crippen LogP contribution in [0.2, 0.25) is 0 Å². The van der Waals surface area contributed by atoms with Crippen molar-refractivity contribution in [3.8, 4) is 0 Å². The molecule has 0 spiro atoms. The third kappa shape index (κ3) is 6.27. The number of hydrogen-bond donors (Lipinski definition) is 0. The molecule has 0 fully saturated rings. The van der Waals surface area contributed by atoms with Gasteiger partial charge in [-0.3, -0.25) is 4.18 Å². The van der Waals surface area contributed by atoms with Gasteiger partial charge in [-0.15, -0.1) is 0 Å². The van der Waals surface area contributed by atoms with Crippen molar-refractivity contribution in [2.24, 2.45) is 0 Å². The molecule has 136 valence electrons. The molecule has 0 heterocycles. The van der Waals surface area contributed by atoms with E-state index in [0.717, 1.165) is 12.0 Å². The Labute approximate surface area is 150 Å². The van der Waals surface area contributed by atoms with Gasteiger partial charge in [-0.2, -0.15) is 8.42 Å². The number of rotatable bonds is 8. The van der Waals surface area contributed by atoms with E-state index < -0.39 is 10.1 Å². The number of ether oxygens (including phenoxy) is 1. The van der Waals surface area contributed by atoms with Gasteiger partial charge in [-0.25, -0.2) is 0 Å². The summed E-state index contributed by atoms with van der Waals surface area (Å²) in [5, 5.41) is 0.